The summed E-state index contributed by atoms with van der Waals surface area (Å²) in [4.78, 5) is 25.5. The summed E-state index contributed by atoms with van der Waals surface area (Å²) in [6, 6.07) is 1.97. The Kier molecular flexibility index (Phi) is 3.99. The third kappa shape index (κ3) is 3.11. The second-order valence-corrected chi connectivity index (χ2v) is 7.01. The molecule has 2 aliphatic rings. The molecule has 1 amide bonds. The second-order valence-electron chi connectivity index (χ2n) is 5.87. The van der Waals surface area contributed by atoms with E-state index in [1.807, 2.05) is 6.07 Å². The van der Waals surface area contributed by atoms with Gasteiger partial charge >= 0.3 is 5.97 Å². The number of hydrogen-bond donors (Lipinski definition) is 2. The molecule has 1 aliphatic carbocycles. The summed E-state index contributed by atoms with van der Waals surface area (Å²) in [7, 11) is 0. The van der Waals surface area contributed by atoms with Crippen LogP contribution in [0.25, 0.3) is 0 Å². The van der Waals surface area contributed by atoms with E-state index >= 15 is 0 Å². The molecule has 1 aliphatic heterocycles. The lowest BCUT2D eigenvalue weighted by Gasteiger charge is -2.26. The van der Waals surface area contributed by atoms with Crippen LogP contribution >= 0.6 is 11.3 Å². The van der Waals surface area contributed by atoms with E-state index in [0.717, 1.165) is 12.8 Å². The van der Waals surface area contributed by atoms with Gasteiger partial charge in [-0.2, -0.15) is 0 Å². The number of hydrogen-bond acceptors (Lipinski definition) is 4. The van der Waals surface area contributed by atoms with Gasteiger partial charge in [0, 0.05) is 11.5 Å². The minimum Gasteiger partial charge on any atom is -0.481 e. The lowest BCUT2D eigenvalue weighted by Crippen LogP contribution is -2.50. The number of carbonyl (C=O) groups excluding carboxylic acids is 1. The first kappa shape index (κ1) is 14.5. The van der Waals surface area contributed by atoms with Crippen molar-refractivity contribution in [2.24, 2.45) is 0 Å². The van der Waals surface area contributed by atoms with Gasteiger partial charge in [-0.25, -0.2) is 0 Å². The predicted octanol–water partition coefficient (Wildman–Crippen LogP) is 1.99. The third-order valence-corrected chi connectivity index (χ3v) is 5.43. The summed E-state index contributed by atoms with van der Waals surface area (Å²) in [6.07, 6.45) is 4.92. The minimum atomic E-state index is -0.911. The Balaban J connectivity index is 1.75. The summed E-state index contributed by atoms with van der Waals surface area (Å²) < 4.78 is 5.30. The maximum absolute atomic E-state index is 12.5. The lowest BCUT2D eigenvalue weighted by molar-refractivity contribution is -0.138. The van der Waals surface area contributed by atoms with Crippen LogP contribution in [0.1, 0.15) is 45.8 Å². The number of fused-ring (bicyclic) bond motifs is 1. The molecular weight excluding hydrogens is 290 g/mol. The lowest BCUT2D eigenvalue weighted by atomic mass is 9.94. The number of amides is 1. The van der Waals surface area contributed by atoms with Crippen LogP contribution in [0.2, 0.25) is 0 Å². The number of thiophene rings is 1. The Hall–Kier alpha value is -1.40. The number of rotatable bonds is 4. The molecule has 114 valence electrons. The summed E-state index contributed by atoms with van der Waals surface area (Å²) in [5, 5.41) is 12.0. The molecule has 0 saturated carbocycles. The molecule has 1 atom stereocenters. The second kappa shape index (κ2) is 5.77. The van der Waals surface area contributed by atoms with E-state index in [1.165, 1.54) is 23.3 Å². The van der Waals surface area contributed by atoms with E-state index in [-0.39, 0.29) is 18.9 Å². The van der Waals surface area contributed by atoms with Crippen molar-refractivity contribution in [1.82, 2.24) is 5.32 Å². The normalized spacial score (nSPS) is 24.6. The molecule has 21 heavy (non-hydrogen) atoms. The fourth-order valence-electron chi connectivity index (χ4n) is 3.08. The van der Waals surface area contributed by atoms with E-state index in [1.54, 1.807) is 11.3 Å². The number of ether oxygens (including phenoxy) is 1. The fourth-order valence-corrected chi connectivity index (χ4v) is 4.23. The fraction of sp³-hybridized carbons (Fsp3) is 0.600. The Morgan fingerprint density at radius 3 is 2.86 bits per heavy atom. The molecule has 0 aromatic carbocycles. The number of carboxylic acid groups (broad SMARTS) is 1. The van der Waals surface area contributed by atoms with Gasteiger partial charge in [0.15, 0.2) is 0 Å². The summed E-state index contributed by atoms with van der Waals surface area (Å²) >= 11 is 1.54. The first-order valence-corrected chi connectivity index (χ1v) is 8.13. The van der Waals surface area contributed by atoms with Gasteiger partial charge in [0.25, 0.3) is 5.91 Å². The first-order valence-electron chi connectivity index (χ1n) is 7.32. The van der Waals surface area contributed by atoms with Crippen LogP contribution in [0.3, 0.4) is 0 Å². The van der Waals surface area contributed by atoms with Crippen LogP contribution in [-0.4, -0.2) is 35.7 Å². The summed E-state index contributed by atoms with van der Waals surface area (Å²) in [6.45, 7) is 0.768. The number of aryl methyl sites for hydroxylation is 2. The van der Waals surface area contributed by atoms with Gasteiger partial charge in [-0.3, -0.25) is 9.59 Å². The molecule has 0 spiro atoms. The monoisotopic (exact) mass is 309 g/mol. The number of carbonyl (C=O) groups is 2. The molecule has 2 N–H and O–H groups in total. The van der Waals surface area contributed by atoms with Crippen molar-refractivity contribution in [2.45, 2.75) is 44.1 Å². The number of carboxylic acids is 1. The maximum Gasteiger partial charge on any atom is 0.305 e. The van der Waals surface area contributed by atoms with Crippen molar-refractivity contribution in [3.8, 4) is 0 Å². The molecule has 2 heterocycles. The van der Waals surface area contributed by atoms with Gasteiger partial charge in [0.2, 0.25) is 0 Å². The van der Waals surface area contributed by atoms with Crippen molar-refractivity contribution >= 4 is 23.2 Å². The van der Waals surface area contributed by atoms with Crippen molar-refractivity contribution in [2.75, 3.05) is 13.2 Å². The van der Waals surface area contributed by atoms with Crippen molar-refractivity contribution in [3.63, 3.8) is 0 Å². The molecular formula is C15H19NO4S. The van der Waals surface area contributed by atoms with E-state index < -0.39 is 11.5 Å². The highest BCUT2D eigenvalue weighted by atomic mass is 32.1. The summed E-state index contributed by atoms with van der Waals surface area (Å²) in [5.74, 6) is -1.08. The van der Waals surface area contributed by atoms with E-state index in [9.17, 15) is 9.59 Å². The Morgan fingerprint density at radius 1 is 1.38 bits per heavy atom. The quantitative estimate of drug-likeness (QED) is 0.892. The molecule has 5 nitrogen and oxygen atoms in total. The average molecular weight is 309 g/mol. The van der Waals surface area contributed by atoms with Crippen LogP contribution in [-0.2, 0) is 22.4 Å². The van der Waals surface area contributed by atoms with E-state index in [4.69, 9.17) is 9.84 Å². The zero-order valence-corrected chi connectivity index (χ0v) is 12.6. The minimum absolute atomic E-state index is 0.0934. The molecule has 1 unspecified atom stereocenters. The summed E-state index contributed by atoms with van der Waals surface area (Å²) in [5.41, 5.74) is 0.527. The number of aliphatic carboxylic acids is 1. The maximum atomic E-state index is 12.5. The zero-order valence-electron chi connectivity index (χ0n) is 11.8. The van der Waals surface area contributed by atoms with Crippen molar-refractivity contribution in [3.05, 3.63) is 21.4 Å². The highest BCUT2D eigenvalue weighted by Crippen LogP contribution is 2.30. The van der Waals surface area contributed by atoms with Gasteiger partial charge < -0.3 is 15.2 Å². The van der Waals surface area contributed by atoms with Crippen molar-refractivity contribution in [1.29, 1.82) is 0 Å². The standard InChI is InChI=1S/C15H19NO4S/c17-13(18)8-15(5-6-20-9-15)16-14(19)12-7-10-3-1-2-4-11(10)21-12/h7H,1-6,8-9H2,(H,16,19)(H,17,18). The van der Waals surface area contributed by atoms with Gasteiger partial charge in [-0.05, 0) is 43.7 Å². The first-order chi connectivity index (χ1) is 10.1. The number of nitrogens with one attached hydrogen (secondary N) is 1. The SMILES string of the molecule is O=C(O)CC1(NC(=O)c2cc3c(s2)CCCC3)CCOC1. The molecule has 1 aromatic heterocycles. The van der Waals surface area contributed by atoms with Gasteiger partial charge in [-0.1, -0.05) is 0 Å². The average Bonchev–Trinajstić information content (AvgIpc) is 3.04. The van der Waals surface area contributed by atoms with Gasteiger partial charge in [0.05, 0.1) is 23.4 Å². The molecule has 1 saturated heterocycles. The van der Waals surface area contributed by atoms with Crippen LogP contribution in [0.5, 0.6) is 0 Å². The predicted molar refractivity (Wildman–Crippen MR) is 78.8 cm³/mol. The van der Waals surface area contributed by atoms with E-state index in [2.05, 4.69) is 5.32 Å². The Bertz CT molecular complexity index is 537. The van der Waals surface area contributed by atoms with Crippen LogP contribution in [0.15, 0.2) is 6.07 Å². The highest BCUT2D eigenvalue weighted by Gasteiger charge is 2.39. The van der Waals surface area contributed by atoms with Crippen LogP contribution in [0, 0.1) is 0 Å². The topological polar surface area (TPSA) is 75.6 Å². The van der Waals surface area contributed by atoms with E-state index in [0.29, 0.717) is 17.9 Å². The molecule has 3 rings (SSSR count). The van der Waals surface area contributed by atoms with Gasteiger partial charge in [0.1, 0.15) is 0 Å². The smallest absolute Gasteiger partial charge is 0.305 e. The molecule has 1 fully saturated rings. The van der Waals surface area contributed by atoms with Gasteiger partial charge in [-0.15, -0.1) is 11.3 Å². The third-order valence-electron chi connectivity index (χ3n) is 4.19. The largest absolute Gasteiger partial charge is 0.481 e. The molecule has 1 aromatic rings. The zero-order chi connectivity index (χ0) is 14.9. The van der Waals surface area contributed by atoms with Crippen LogP contribution in [0.4, 0.5) is 0 Å². The Morgan fingerprint density at radius 2 is 2.19 bits per heavy atom. The van der Waals surface area contributed by atoms with Crippen LogP contribution < -0.4 is 5.32 Å². The highest BCUT2D eigenvalue weighted by molar-refractivity contribution is 7.14. The molecule has 6 heteroatoms. The van der Waals surface area contributed by atoms with Crippen molar-refractivity contribution < 1.29 is 19.4 Å². The molecule has 0 radical (unpaired) electrons. The molecule has 0 bridgehead atoms. The Labute approximate surface area is 127 Å².